The molecular formula is C27H31N3O3. The highest BCUT2D eigenvalue weighted by Crippen LogP contribution is 2.24. The van der Waals surface area contributed by atoms with Gasteiger partial charge < -0.3 is 20.7 Å². The average Bonchev–Trinajstić information content (AvgIpc) is 2.83. The second kappa shape index (κ2) is 12.3. The van der Waals surface area contributed by atoms with Gasteiger partial charge in [0.05, 0.1) is 18.8 Å². The molecule has 0 unspecified atom stereocenters. The first-order valence-corrected chi connectivity index (χ1v) is 11.2. The van der Waals surface area contributed by atoms with E-state index in [2.05, 4.69) is 28.1 Å². The summed E-state index contributed by atoms with van der Waals surface area (Å²) in [6.07, 6.45) is 2.24. The Balaban J connectivity index is 1.50. The Labute approximate surface area is 195 Å². The predicted molar refractivity (Wildman–Crippen MR) is 134 cm³/mol. The second-order valence-corrected chi connectivity index (χ2v) is 7.77. The molecule has 172 valence electrons. The molecule has 0 aromatic heterocycles. The molecule has 6 nitrogen and oxygen atoms in total. The number of carbonyl (C=O) groups excluding carboxylic acids is 2. The number of aryl methyl sites for hydroxylation is 2. The molecule has 0 aliphatic heterocycles. The minimum atomic E-state index is -0.185. The van der Waals surface area contributed by atoms with Crippen molar-refractivity contribution >= 4 is 28.9 Å². The third kappa shape index (κ3) is 7.68. The Morgan fingerprint density at radius 1 is 0.848 bits per heavy atom. The summed E-state index contributed by atoms with van der Waals surface area (Å²) < 4.78 is 5.92. The zero-order valence-corrected chi connectivity index (χ0v) is 19.2. The van der Waals surface area contributed by atoms with Crippen LogP contribution in [0.15, 0.2) is 72.8 Å². The lowest BCUT2D eigenvalue weighted by atomic mass is 10.1. The van der Waals surface area contributed by atoms with Crippen molar-refractivity contribution in [1.82, 2.24) is 0 Å². The van der Waals surface area contributed by atoms with Crippen molar-refractivity contribution in [1.29, 1.82) is 0 Å². The first-order valence-electron chi connectivity index (χ1n) is 11.2. The third-order valence-electron chi connectivity index (χ3n) is 5.16. The maximum absolute atomic E-state index is 12.5. The highest BCUT2D eigenvalue weighted by atomic mass is 16.5. The van der Waals surface area contributed by atoms with Gasteiger partial charge in [0.25, 0.3) is 0 Å². The summed E-state index contributed by atoms with van der Waals surface area (Å²) in [5.74, 6) is 0.419. The van der Waals surface area contributed by atoms with Crippen LogP contribution in [0.25, 0.3) is 0 Å². The molecule has 33 heavy (non-hydrogen) atoms. The van der Waals surface area contributed by atoms with Crippen LogP contribution in [0, 0.1) is 6.92 Å². The molecule has 3 aromatic carbocycles. The van der Waals surface area contributed by atoms with Crippen molar-refractivity contribution in [3.05, 3.63) is 83.9 Å². The monoisotopic (exact) mass is 445 g/mol. The van der Waals surface area contributed by atoms with E-state index in [0.29, 0.717) is 24.5 Å². The number of carbonyl (C=O) groups is 2. The highest BCUT2D eigenvalue weighted by molar-refractivity contribution is 5.95. The Kier molecular flexibility index (Phi) is 8.88. The van der Waals surface area contributed by atoms with Crippen LogP contribution in [-0.4, -0.2) is 25.0 Å². The van der Waals surface area contributed by atoms with Gasteiger partial charge in [0.2, 0.25) is 11.8 Å². The van der Waals surface area contributed by atoms with Crippen LogP contribution < -0.4 is 20.7 Å². The molecule has 0 bridgehead atoms. The van der Waals surface area contributed by atoms with Crippen molar-refractivity contribution in [3.8, 4) is 5.75 Å². The van der Waals surface area contributed by atoms with Gasteiger partial charge in [0.1, 0.15) is 5.75 Å². The molecule has 3 aromatic rings. The van der Waals surface area contributed by atoms with E-state index in [0.717, 1.165) is 29.8 Å². The summed E-state index contributed by atoms with van der Waals surface area (Å²) in [6, 6.07) is 23.4. The van der Waals surface area contributed by atoms with E-state index in [9.17, 15) is 9.59 Å². The van der Waals surface area contributed by atoms with Crippen LogP contribution in [0.1, 0.15) is 30.9 Å². The molecular weight excluding hydrogens is 414 g/mol. The summed E-state index contributed by atoms with van der Waals surface area (Å²) in [5, 5.41) is 8.89. The van der Waals surface area contributed by atoms with Crippen molar-refractivity contribution in [2.45, 2.75) is 33.1 Å². The van der Waals surface area contributed by atoms with E-state index >= 15 is 0 Å². The van der Waals surface area contributed by atoms with Crippen LogP contribution in [0.4, 0.5) is 17.1 Å². The van der Waals surface area contributed by atoms with Crippen molar-refractivity contribution in [2.24, 2.45) is 0 Å². The largest absolute Gasteiger partial charge is 0.491 e. The van der Waals surface area contributed by atoms with Crippen molar-refractivity contribution in [2.75, 3.05) is 29.1 Å². The number of nitrogens with one attached hydrogen (secondary N) is 3. The molecule has 0 spiro atoms. The SMILES string of the molecule is CCC(=O)Nc1cc(NCC(=O)Nc2ccccc2OCCCc2ccccc2)ccc1C. The van der Waals surface area contributed by atoms with Gasteiger partial charge in [-0.25, -0.2) is 0 Å². The number of amides is 2. The zero-order valence-electron chi connectivity index (χ0n) is 19.2. The second-order valence-electron chi connectivity index (χ2n) is 7.77. The van der Waals surface area contributed by atoms with Gasteiger partial charge in [0, 0.05) is 17.8 Å². The summed E-state index contributed by atoms with van der Waals surface area (Å²) in [4.78, 5) is 24.2. The molecule has 0 saturated carbocycles. The van der Waals surface area contributed by atoms with E-state index in [-0.39, 0.29) is 18.4 Å². The molecule has 2 amide bonds. The van der Waals surface area contributed by atoms with Crippen molar-refractivity contribution in [3.63, 3.8) is 0 Å². The first kappa shape index (κ1) is 23.9. The van der Waals surface area contributed by atoms with E-state index < -0.39 is 0 Å². The van der Waals surface area contributed by atoms with Crippen LogP contribution in [0.5, 0.6) is 5.75 Å². The van der Waals surface area contributed by atoms with Crippen LogP contribution >= 0.6 is 0 Å². The summed E-state index contributed by atoms with van der Waals surface area (Å²) in [5.41, 5.74) is 4.38. The molecule has 3 N–H and O–H groups in total. The molecule has 0 aliphatic carbocycles. The van der Waals surface area contributed by atoms with Gasteiger partial charge >= 0.3 is 0 Å². The van der Waals surface area contributed by atoms with Gasteiger partial charge in [-0.1, -0.05) is 55.5 Å². The van der Waals surface area contributed by atoms with Crippen LogP contribution in [0.3, 0.4) is 0 Å². The van der Waals surface area contributed by atoms with Gasteiger partial charge in [-0.3, -0.25) is 9.59 Å². The fraction of sp³-hybridized carbons (Fsp3) is 0.259. The predicted octanol–water partition coefficient (Wildman–Crippen LogP) is 5.41. The summed E-state index contributed by atoms with van der Waals surface area (Å²) >= 11 is 0. The van der Waals surface area contributed by atoms with E-state index in [4.69, 9.17) is 4.74 Å². The summed E-state index contributed by atoms with van der Waals surface area (Å²) in [6.45, 7) is 4.39. The van der Waals surface area contributed by atoms with Gasteiger partial charge in [-0.15, -0.1) is 0 Å². The number of para-hydroxylation sites is 2. The van der Waals surface area contributed by atoms with Crippen LogP contribution in [-0.2, 0) is 16.0 Å². The lowest BCUT2D eigenvalue weighted by Gasteiger charge is -2.14. The van der Waals surface area contributed by atoms with E-state index in [1.807, 2.05) is 74.5 Å². The van der Waals surface area contributed by atoms with Crippen molar-refractivity contribution < 1.29 is 14.3 Å². The molecule has 6 heteroatoms. The number of anilines is 3. The van der Waals surface area contributed by atoms with Gasteiger partial charge in [0.15, 0.2) is 0 Å². The lowest BCUT2D eigenvalue weighted by molar-refractivity contribution is -0.116. The maximum Gasteiger partial charge on any atom is 0.243 e. The number of rotatable bonds is 11. The normalized spacial score (nSPS) is 10.4. The third-order valence-corrected chi connectivity index (χ3v) is 5.16. The Morgan fingerprint density at radius 3 is 2.36 bits per heavy atom. The topological polar surface area (TPSA) is 79.5 Å². The highest BCUT2D eigenvalue weighted by Gasteiger charge is 2.09. The minimum absolute atomic E-state index is 0.0478. The smallest absolute Gasteiger partial charge is 0.243 e. The minimum Gasteiger partial charge on any atom is -0.491 e. The molecule has 0 heterocycles. The number of hydrogen-bond donors (Lipinski definition) is 3. The molecule has 0 aliphatic rings. The first-order chi connectivity index (χ1) is 16.0. The number of benzene rings is 3. The molecule has 0 fully saturated rings. The quantitative estimate of drug-likeness (QED) is 0.345. The maximum atomic E-state index is 12.5. The Morgan fingerprint density at radius 2 is 1.58 bits per heavy atom. The number of hydrogen-bond acceptors (Lipinski definition) is 4. The number of ether oxygens (including phenoxy) is 1. The fourth-order valence-corrected chi connectivity index (χ4v) is 3.28. The summed E-state index contributed by atoms with van der Waals surface area (Å²) in [7, 11) is 0. The van der Waals surface area contributed by atoms with E-state index in [1.165, 1.54) is 5.56 Å². The standard InChI is InChI=1S/C27H31N3O3/c1-3-26(31)30-24-18-22(16-15-20(24)2)28-19-27(32)29-23-13-7-8-14-25(23)33-17-9-12-21-10-5-4-6-11-21/h4-8,10-11,13-16,18,28H,3,9,12,17,19H2,1-2H3,(H,29,32)(H,30,31). The Hall–Kier alpha value is -3.80. The average molecular weight is 446 g/mol. The lowest BCUT2D eigenvalue weighted by Crippen LogP contribution is -2.22. The van der Waals surface area contributed by atoms with E-state index in [1.54, 1.807) is 0 Å². The van der Waals surface area contributed by atoms with Gasteiger partial charge in [-0.05, 0) is 55.2 Å². The molecule has 0 atom stereocenters. The fourth-order valence-electron chi connectivity index (χ4n) is 3.28. The van der Waals surface area contributed by atoms with Gasteiger partial charge in [-0.2, -0.15) is 0 Å². The molecule has 0 radical (unpaired) electrons. The Bertz CT molecular complexity index is 1070. The zero-order chi connectivity index (χ0) is 23.5. The van der Waals surface area contributed by atoms with Crippen LogP contribution in [0.2, 0.25) is 0 Å². The molecule has 3 rings (SSSR count). The molecule has 0 saturated heterocycles.